The van der Waals surface area contributed by atoms with Crippen molar-refractivity contribution in [2.24, 2.45) is 0 Å². The molecule has 0 radical (unpaired) electrons. The second kappa shape index (κ2) is 36.8. The average molecular weight is 783 g/mol. The van der Waals surface area contributed by atoms with Gasteiger partial charge in [-0.2, -0.15) is 0 Å². The number of quaternary nitrogens is 1. The highest BCUT2D eigenvalue weighted by Gasteiger charge is 2.26. The summed E-state index contributed by atoms with van der Waals surface area (Å²) in [4.78, 5) is 22.9. The Balaban J connectivity index is 4.48. The van der Waals surface area contributed by atoms with Gasteiger partial charge in [0.1, 0.15) is 19.3 Å². The van der Waals surface area contributed by atoms with Gasteiger partial charge in [0.15, 0.2) is 0 Å². The Bertz CT molecular complexity index is 1070. The quantitative estimate of drug-likeness (QED) is 0.0159. The van der Waals surface area contributed by atoms with Gasteiger partial charge >= 0.3 is 13.8 Å². The van der Waals surface area contributed by atoms with Gasteiger partial charge in [0, 0.05) is 13.0 Å². The lowest BCUT2D eigenvalue weighted by Gasteiger charge is -2.24. The van der Waals surface area contributed by atoms with E-state index in [0.29, 0.717) is 30.5 Å². The SMILES string of the molecule is CC/C=C\C/C=C\C/C=C\C/C=C\C=C\C(O)CCCC(=O)OC(COCCCCCCCCCCCCCCCC)COP(=O)(O)OCC[N+](C)(C)C. The monoisotopic (exact) mass is 783 g/mol. The molecule has 0 saturated carbocycles. The average Bonchev–Trinajstić information content (AvgIpc) is 3.11. The molecule has 0 aromatic carbocycles. The lowest BCUT2D eigenvalue weighted by Crippen LogP contribution is -2.37. The standard InChI is InChI=1S/C44H80NO8P/c1-6-8-10-12-14-16-18-20-22-24-26-28-30-32-38-50-40-43(41-52-54(48,49)51-39-37-45(3,4)5)53-44(47)36-33-35-42(46)34-31-29-27-25-23-21-19-17-15-13-11-9-7-2/h9,11,15,17,21,23,27,29,31,34,42-43,46H,6-8,10,12-14,16,18-20,22,24-26,28,30,32-33,35-41H2,1-5H3/p+1/b11-9-,17-15-,23-21-,29-27-,34-31+. The molecule has 0 aliphatic rings. The smallest absolute Gasteiger partial charge is 0.457 e. The number of esters is 1. The normalized spacial score (nSPS) is 15.0. The van der Waals surface area contributed by atoms with E-state index in [4.69, 9.17) is 18.5 Å². The number of allylic oxidation sites excluding steroid dienone is 9. The molecule has 2 N–H and O–H groups in total. The van der Waals surface area contributed by atoms with Gasteiger partial charge in [0.25, 0.3) is 0 Å². The van der Waals surface area contributed by atoms with Crippen molar-refractivity contribution >= 4 is 13.8 Å². The number of hydrogen-bond donors (Lipinski definition) is 2. The minimum atomic E-state index is -4.33. The van der Waals surface area contributed by atoms with Crippen LogP contribution in [0.1, 0.15) is 149 Å². The number of carbonyl (C=O) groups excluding carboxylic acids is 1. The molecule has 0 spiro atoms. The third-order valence-corrected chi connectivity index (χ3v) is 9.68. The number of phosphoric acid groups is 1. The highest BCUT2D eigenvalue weighted by atomic mass is 31.2. The summed E-state index contributed by atoms with van der Waals surface area (Å²) in [6, 6.07) is 0. The minimum Gasteiger partial charge on any atom is -0.457 e. The number of aliphatic hydroxyl groups excluding tert-OH is 1. The third-order valence-electron chi connectivity index (χ3n) is 8.70. The second-order valence-electron chi connectivity index (χ2n) is 15.2. The fourth-order valence-corrected chi connectivity index (χ4v) is 6.15. The van der Waals surface area contributed by atoms with E-state index < -0.39 is 26.0 Å². The van der Waals surface area contributed by atoms with Crippen LogP contribution < -0.4 is 0 Å². The molecule has 0 rings (SSSR count). The number of carbonyl (C=O) groups is 1. The van der Waals surface area contributed by atoms with Gasteiger partial charge in [-0.15, -0.1) is 0 Å². The zero-order valence-corrected chi connectivity index (χ0v) is 35.9. The molecule has 3 atom stereocenters. The van der Waals surface area contributed by atoms with Gasteiger partial charge in [-0.25, -0.2) is 4.57 Å². The van der Waals surface area contributed by atoms with E-state index in [0.717, 1.165) is 38.5 Å². The number of likely N-dealkylation sites (N-methyl/N-ethyl adjacent to an activating group) is 1. The van der Waals surface area contributed by atoms with Crippen molar-refractivity contribution in [1.82, 2.24) is 0 Å². The van der Waals surface area contributed by atoms with Gasteiger partial charge in [-0.1, -0.05) is 158 Å². The van der Waals surface area contributed by atoms with Crippen LogP contribution in [0.15, 0.2) is 60.8 Å². The lowest BCUT2D eigenvalue weighted by molar-refractivity contribution is -0.870. The molecular weight excluding hydrogens is 701 g/mol. The van der Waals surface area contributed by atoms with E-state index in [-0.39, 0.29) is 26.2 Å². The van der Waals surface area contributed by atoms with Crippen molar-refractivity contribution in [3.05, 3.63) is 60.8 Å². The predicted molar refractivity (Wildman–Crippen MR) is 225 cm³/mol. The molecule has 0 amide bonds. The van der Waals surface area contributed by atoms with Crippen molar-refractivity contribution < 1.29 is 42.4 Å². The van der Waals surface area contributed by atoms with Crippen LogP contribution in [0.5, 0.6) is 0 Å². The number of nitrogens with zero attached hydrogens (tertiary/aromatic N) is 1. The van der Waals surface area contributed by atoms with Gasteiger partial charge < -0.3 is 24.0 Å². The maximum absolute atomic E-state index is 12.7. The zero-order valence-electron chi connectivity index (χ0n) is 35.1. The molecule has 10 heteroatoms. The molecule has 0 saturated heterocycles. The highest BCUT2D eigenvalue weighted by Crippen LogP contribution is 2.43. The first-order valence-electron chi connectivity index (χ1n) is 21.1. The number of unbranched alkanes of at least 4 members (excludes halogenated alkanes) is 13. The number of aliphatic hydroxyl groups is 1. The number of phosphoric ester groups is 1. The summed E-state index contributed by atoms with van der Waals surface area (Å²) in [5.41, 5.74) is 0. The van der Waals surface area contributed by atoms with Gasteiger partial charge in [0.05, 0.1) is 40.5 Å². The van der Waals surface area contributed by atoms with Crippen LogP contribution in [0, 0.1) is 0 Å². The molecule has 3 unspecified atom stereocenters. The Labute approximate surface area is 331 Å². The maximum atomic E-state index is 12.7. The van der Waals surface area contributed by atoms with Crippen molar-refractivity contribution in [2.75, 3.05) is 54.1 Å². The molecule has 9 nitrogen and oxygen atoms in total. The van der Waals surface area contributed by atoms with Crippen LogP contribution in [0.3, 0.4) is 0 Å². The topological polar surface area (TPSA) is 112 Å². The van der Waals surface area contributed by atoms with Crippen LogP contribution in [0.4, 0.5) is 0 Å². The van der Waals surface area contributed by atoms with E-state index in [1.807, 2.05) is 39.4 Å². The summed E-state index contributed by atoms with van der Waals surface area (Å²) in [6.07, 6.45) is 41.4. The molecule has 314 valence electrons. The van der Waals surface area contributed by atoms with Crippen molar-refractivity contribution in [1.29, 1.82) is 0 Å². The van der Waals surface area contributed by atoms with Crippen molar-refractivity contribution in [2.45, 2.75) is 161 Å². The van der Waals surface area contributed by atoms with E-state index >= 15 is 0 Å². The minimum absolute atomic E-state index is 0.0520. The van der Waals surface area contributed by atoms with E-state index in [9.17, 15) is 19.4 Å². The molecule has 0 aliphatic heterocycles. The molecule has 0 bridgehead atoms. The summed E-state index contributed by atoms with van der Waals surface area (Å²) in [7, 11) is 1.54. The fraction of sp³-hybridized carbons (Fsp3) is 0.750. The Morgan fingerprint density at radius 2 is 1.20 bits per heavy atom. The number of rotatable bonds is 38. The largest absolute Gasteiger partial charge is 0.472 e. The molecule has 0 aliphatic carbocycles. The van der Waals surface area contributed by atoms with Crippen molar-refractivity contribution in [3.63, 3.8) is 0 Å². The van der Waals surface area contributed by atoms with Crippen LogP contribution in [-0.2, 0) is 27.9 Å². The molecule has 0 fully saturated rings. The van der Waals surface area contributed by atoms with Gasteiger partial charge in [-0.05, 0) is 44.9 Å². The summed E-state index contributed by atoms with van der Waals surface area (Å²) >= 11 is 0. The summed E-state index contributed by atoms with van der Waals surface area (Å²) in [5, 5.41) is 10.3. The maximum Gasteiger partial charge on any atom is 0.472 e. The molecule has 0 aromatic heterocycles. The van der Waals surface area contributed by atoms with E-state index in [2.05, 4.69) is 50.3 Å². The molecule has 0 aromatic rings. The molecule has 54 heavy (non-hydrogen) atoms. The highest BCUT2D eigenvalue weighted by molar-refractivity contribution is 7.47. The predicted octanol–water partition coefficient (Wildman–Crippen LogP) is 11.1. The third kappa shape index (κ3) is 39.8. The zero-order chi connectivity index (χ0) is 40.0. The Morgan fingerprint density at radius 3 is 1.76 bits per heavy atom. The van der Waals surface area contributed by atoms with E-state index in [1.165, 1.54) is 77.0 Å². The number of ether oxygens (including phenoxy) is 2. The van der Waals surface area contributed by atoms with Crippen LogP contribution >= 0.6 is 7.82 Å². The van der Waals surface area contributed by atoms with Crippen molar-refractivity contribution in [3.8, 4) is 0 Å². The summed E-state index contributed by atoms with van der Waals surface area (Å²) in [5.74, 6) is -0.474. The molecule has 0 heterocycles. The Hall–Kier alpha value is -1.84. The van der Waals surface area contributed by atoms with Gasteiger partial charge in [0.2, 0.25) is 0 Å². The number of hydrogen-bond acceptors (Lipinski definition) is 7. The summed E-state index contributed by atoms with van der Waals surface area (Å²) < 4.78 is 34.8. The first kappa shape index (κ1) is 52.2. The first-order valence-corrected chi connectivity index (χ1v) is 22.6. The fourth-order valence-electron chi connectivity index (χ4n) is 5.40. The molecular formula is C44H81NO8P+. The van der Waals surface area contributed by atoms with Crippen LogP contribution in [0.25, 0.3) is 0 Å². The Morgan fingerprint density at radius 1 is 0.667 bits per heavy atom. The second-order valence-corrected chi connectivity index (χ2v) is 16.7. The first-order chi connectivity index (χ1) is 26.0. The van der Waals surface area contributed by atoms with Crippen LogP contribution in [-0.4, -0.2) is 86.8 Å². The van der Waals surface area contributed by atoms with E-state index in [1.54, 1.807) is 6.08 Å². The Kier molecular flexibility index (Phi) is 35.5. The summed E-state index contributed by atoms with van der Waals surface area (Å²) in [6.45, 7) is 5.23. The van der Waals surface area contributed by atoms with Gasteiger partial charge in [-0.3, -0.25) is 13.8 Å². The lowest BCUT2D eigenvalue weighted by atomic mass is 10.0. The van der Waals surface area contributed by atoms with Crippen LogP contribution in [0.2, 0.25) is 0 Å².